The van der Waals surface area contributed by atoms with E-state index in [2.05, 4.69) is 4.90 Å². The monoisotopic (exact) mass is 298 g/mol. The van der Waals surface area contributed by atoms with Crippen LogP contribution < -0.4 is 5.73 Å². The van der Waals surface area contributed by atoms with Crippen LogP contribution in [0, 0.1) is 0 Å². The van der Waals surface area contributed by atoms with Crippen molar-refractivity contribution < 1.29 is 13.2 Å². The number of hydrogen-bond donors (Lipinski definition) is 1. The smallest absolute Gasteiger partial charge is 0.179 e. The Morgan fingerprint density at radius 3 is 2.90 bits per heavy atom. The van der Waals surface area contributed by atoms with E-state index < -0.39 is 9.84 Å². The molecular formula is C14H22N2O3S. The molecule has 1 aliphatic rings. The molecule has 6 heteroatoms. The third-order valence-electron chi connectivity index (χ3n) is 3.73. The van der Waals surface area contributed by atoms with Crippen LogP contribution in [0.5, 0.6) is 0 Å². The molecule has 0 amide bonds. The molecule has 0 saturated carbocycles. The summed E-state index contributed by atoms with van der Waals surface area (Å²) in [7, 11) is -1.31. The normalized spacial score (nSPS) is 19.6. The molecule has 1 heterocycles. The molecule has 1 fully saturated rings. The molecule has 1 aliphatic heterocycles. The molecule has 20 heavy (non-hydrogen) atoms. The molecule has 0 spiro atoms. The number of nitrogens with zero attached hydrogens (tertiary/aromatic N) is 1. The summed E-state index contributed by atoms with van der Waals surface area (Å²) in [5, 5.41) is 0. The summed E-state index contributed by atoms with van der Waals surface area (Å²) >= 11 is 0. The van der Waals surface area contributed by atoms with Crippen LogP contribution in [0.3, 0.4) is 0 Å². The highest BCUT2D eigenvalue weighted by Crippen LogP contribution is 2.15. The van der Waals surface area contributed by atoms with Gasteiger partial charge in [-0.3, -0.25) is 0 Å². The van der Waals surface area contributed by atoms with Gasteiger partial charge in [0.05, 0.1) is 17.3 Å². The summed E-state index contributed by atoms with van der Waals surface area (Å²) < 4.78 is 30.0. The maximum absolute atomic E-state index is 12.3. The summed E-state index contributed by atoms with van der Waals surface area (Å²) in [4.78, 5) is 2.42. The van der Waals surface area contributed by atoms with E-state index in [0.29, 0.717) is 30.6 Å². The van der Waals surface area contributed by atoms with E-state index >= 15 is 0 Å². The van der Waals surface area contributed by atoms with Gasteiger partial charge in [0, 0.05) is 25.7 Å². The summed E-state index contributed by atoms with van der Waals surface area (Å²) in [6.45, 7) is 2.32. The lowest BCUT2D eigenvalue weighted by Crippen LogP contribution is -2.35. The molecule has 2 rings (SSSR count). The fourth-order valence-corrected chi connectivity index (χ4v) is 3.68. The standard InChI is InChI=1S/C14H22N2O3S/c1-16(13-5-7-19-11-13)6-8-20(17,18)14-4-2-3-12(9-14)10-15/h2-4,9,13H,5-8,10-11,15H2,1H3. The molecule has 1 unspecified atom stereocenters. The summed E-state index contributed by atoms with van der Waals surface area (Å²) in [5.41, 5.74) is 6.39. The van der Waals surface area contributed by atoms with E-state index in [1.807, 2.05) is 13.1 Å². The van der Waals surface area contributed by atoms with Crippen LogP contribution in [0.1, 0.15) is 12.0 Å². The van der Waals surface area contributed by atoms with Crippen LogP contribution in [0.2, 0.25) is 0 Å². The molecule has 0 bridgehead atoms. The van der Waals surface area contributed by atoms with Crippen molar-refractivity contribution >= 4 is 9.84 Å². The second kappa shape index (κ2) is 6.67. The molecule has 5 nitrogen and oxygen atoms in total. The second-order valence-electron chi connectivity index (χ2n) is 5.17. The zero-order valence-electron chi connectivity index (χ0n) is 11.8. The fourth-order valence-electron chi connectivity index (χ4n) is 2.30. The average molecular weight is 298 g/mol. The lowest BCUT2D eigenvalue weighted by molar-refractivity contribution is 0.162. The average Bonchev–Trinajstić information content (AvgIpc) is 2.99. The predicted molar refractivity (Wildman–Crippen MR) is 78.2 cm³/mol. The van der Waals surface area contributed by atoms with Gasteiger partial charge in [0.1, 0.15) is 0 Å². The molecule has 2 N–H and O–H groups in total. The Morgan fingerprint density at radius 2 is 2.25 bits per heavy atom. The van der Waals surface area contributed by atoms with Gasteiger partial charge in [-0.05, 0) is 31.2 Å². The van der Waals surface area contributed by atoms with Gasteiger partial charge in [0.15, 0.2) is 9.84 Å². The quantitative estimate of drug-likeness (QED) is 0.834. The summed E-state index contributed by atoms with van der Waals surface area (Å²) in [5.74, 6) is 0.119. The Balaban J connectivity index is 1.99. The first-order chi connectivity index (χ1) is 9.53. The van der Waals surface area contributed by atoms with Gasteiger partial charge < -0.3 is 15.4 Å². The molecule has 0 aliphatic carbocycles. The van der Waals surface area contributed by atoms with Crippen molar-refractivity contribution in [2.75, 3.05) is 32.6 Å². The first kappa shape index (κ1) is 15.4. The minimum absolute atomic E-state index is 0.119. The summed E-state index contributed by atoms with van der Waals surface area (Å²) in [6, 6.07) is 7.20. The lowest BCUT2D eigenvalue weighted by Gasteiger charge is -2.22. The number of rotatable bonds is 6. The number of ether oxygens (including phenoxy) is 1. The first-order valence-electron chi connectivity index (χ1n) is 6.82. The minimum Gasteiger partial charge on any atom is -0.380 e. The number of hydrogen-bond acceptors (Lipinski definition) is 5. The molecule has 1 aromatic rings. The van der Waals surface area contributed by atoms with Crippen LogP contribution in [0.15, 0.2) is 29.2 Å². The number of nitrogens with two attached hydrogens (primary N) is 1. The highest BCUT2D eigenvalue weighted by Gasteiger charge is 2.22. The van der Waals surface area contributed by atoms with Gasteiger partial charge in [-0.1, -0.05) is 12.1 Å². The first-order valence-corrected chi connectivity index (χ1v) is 8.48. The van der Waals surface area contributed by atoms with Gasteiger partial charge >= 0.3 is 0 Å². The van der Waals surface area contributed by atoms with Gasteiger partial charge in [0.2, 0.25) is 0 Å². The number of benzene rings is 1. The zero-order chi connectivity index (χ0) is 14.6. The van der Waals surface area contributed by atoms with Crippen LogP contribution in [-0.2, 0) is 21.1 Å². The maximum atomic E-state index is 12.3. The topological polar surface area (TPSA) is 72.6 Å². The van der Waals surface area contributed by atoms with Gasteiger partial charge in [-0.15, -0.1) is 0 Å². The predicted octanol–water partition coefficient (Wildman–Crippen LogP) is 0.640. The number of sulfone groups is 1. The Morgan fingerprint density at radius 1 is 1.45 bits per heavy atom. The SMILES string of the molecule is CN(CCS(=O)(=O)c1cccc(CN)c1)C1CCOC1. The van der Waals surface area contributed by atoms with Crippen molar-refractivity contribution in [3.8, 4) is 0 Å². The highest BCUT2D eigenvalue weighted by molar-refractivity contribution is 7.91. The van der Waals surface area contributed by atoms with Gasteiger partial charge in [-0.25, -0.2) is 8.42 Å². The van der Waals surface area contributed by atoms with Crippen molar-refractivity contribution in [1.82, 2.24) is 4.90 Å². The Labute approximate surface area is 120 Å². The molecular weight excluding hydrogens is 276 g/mol. The molecule has 1 saturated heterocycles. The van der Waals surface area contributed by atoms with Gasteiger partial charge in [-0.2, -0.15) is 0 Å². The molecule has 0 aromatic heterocycles. The fraction of sp³-hybridized carbons (Fsp3) is 0.571. The van der Waals surface area contributed by atoms with Crippen molar-refractivity contribution in [1.29, 1.82) is 0 Å². The van der Waals surface area contributed by atoms with Crippen LogP contribution in [0.25, 0.3) is 0 Å². The van der Waals surface area contributed by atoms with Crippen LogP contribution in [0.4, 0.5) is 0 Å². The Hall–Kier alpha value is -0.950. The second-order valence-corrected chi connectivity index (χ2v) is 7.28. The van der Waals surface area contributed by atoms with Crippen molar-refractivity contribution in [2.24, 2.45) is 5.73 Å². The van der Waals surface area contributed by atoms with E-state index in [1.165, 1.54) is 0 Å². The Kier molecular flexibility index (Phi) is 5.15. The third-order valence-corrected chi connectivity index (χ3v) is 5.43. The molecule has 112 valence electrons. The van der Waals surface area contributed by atoms with E-state index in [1.54, 1.807) is 18.2 Å². The van der Waals surface area contributed by atoms with Crippen LogP contribution >= 0.6 is 0 Å². The molecule has 1 aromatic carbocycles. The molecule has 1 atom stereocenters. The van der Waals surface area contributed by atoms with E-state index in [4.69, 9.17) is 10.5 Å². The van der Waals surface area contributed by atoms with E-state index in [9.17, 15) is 8.42 Å². The van der Waals surface area contributed by atoms with Crippen molar-refractivity contribution in [3.63, 3.8) is 0 Å². The van der Waals surface area contributed by atoms with Crippen molar-refractivity contribution in [2.45, 2.75) is 23.9 Å². The Bertz CT molecular complexity index is 539. The van der Waals surface area contributed by atoms with E-state index in [-0.39, 0.29) is 5.75 Å². The van der Waals surface area contributed by atoms with Crippen LogP contribution in [-0.4, -0.2) is 51.9 Å². The van der Waals surface area contributed by atoms with Gasteiger partial charge in [0.25, 0.3) is 0 Å². The zero-order valence-corrected chi connectivity index (χ0v) is 12.6. The summed E-state index contributed by atoms with van der Waals surface area (Å²) in [6.07, 6.45) is 0.971. The van der Waals surface area contributed by atoms with E-state index in [0.717, 1.165) is 18.6 Å². The highest BCUT2D eigenvalue weighted by atomic mass is 32.2. The maximum Gasteiger partial charge on any atom is 0.179 e. The largest absolute Gasteiger partial charge is 0.380 e. The minimum atomic E-state index is -3.26. The van der Waals surface area contributed by atoms with Crippen molar-refractivity contribution in [3.05, 3.63) is 29.8 Å². The number of likely N-dealkylation sites (N-methyl/N-ethyl adjacent to an activating group) is 1. The molecule has 0 radical (unpaired) electrons. The third kappa shape index (κ3) is 3.79. The lowest BCUT2D eigenvalue weighted by atomic mass is 10.2.